The number of carbonyl (C=O) groups is 2. The number of benzene rings is 1. The lowest BCUT2D eigenvalue weighted by molar-refractivity contribution is -0.118. The van der Waals surface area contributed by atoms with Gasteiger partial charge >= 0.3 is 5.97 Å². The molecule has 2 N–H and O–H groups in total. The van der Waals surface area contributed by atoms with Crippen LogP contribution in [0.3, 0.4) is 0 Å². The van der Waals surface area contributed by atoms with Crippen molar-refractivity contribution in [1.82, 2.24) is 0 Å². The first kappa shape index (κ1) is 13.1. The summed E-state index contributed by atoms with van der Waals surface area (Å²) < 4.78 is 0.500. The minimum absolute atomic E-state index is 0.0226. The zero-order chi connectivity index (χ0) is 13.5. The Labute approximate surface area is 114 Å². The summed E-state index contributed by atoms with van der Waals surface area (Å²) >= 11 is 3.16. The summed E-state index contributed by atoms with van der Waals surface area (Å²) in [6.07, 6.45) is 0.876. The SMILES string of the molecule is CC1(C)CC1C(=O)Nc1ccc(Br)c(C(=O)O)c1. The van der Waals surface area contributed by atoms with E-state index in [0.29, 0.717) is 10.2 Å². The molecule has 96 valence electrons. The van der Waals surface area contributed by atoms with Gasteiger partial charge in [-0.1, -0.05) is 13.8 Å². The van der Waals surface area contributed by atoms with Gasteiger partial charge in [-0.05, 0) is 46.0 Å². The van der Waals surface area contributed by atoms with Crippen LogP contribution in [0.1, 0.15) is 30.6 Å². The van der Waals surface area contributed by atoms with Crippen molar-refractivity contribution in [3.63, 3.8) is 0 Å². The van der Waals surface area contributed by atoms with Crippen LogP contribution in [-0.4, -0.2) is 17.0 Å². The lowest BCUT2D eigenvalue weighted by atomic mass is 10.1. The van der Waals surface area contributed by atoms with Gasteiger partial charge in [0.2, 0.25) is 5.91 Å². The lowest BCUT2D eigenvalue weighted by Crippen LogP contribution is -2.16. The molecule has 5 heteroatoms. The molecule has 4 nitrogen and oxygen atoms in total. The van der Waals surface area contributed by atoms with Crippen molar-refractivity contribution in [3.05, 3.63) is 28.2 Å². The fraction of sp³-hybridized carbons (Fsp3) is 0.385. The first-order chi connectivity index (χ1) is 8.31. The topological polar surface area (TPSA) is 66.4 Å². The molecule has 1 atom stereocenters. The van der Waals surface area contributed by atoms with Gasteiger partial charge in [-0.3, -0.25) is 4.79 Å². The number of carbonyl (C=O) groups excluding carboxylic acids is 1. The number of nitrogens with one attached hydrogen (secondary N) is 1. The van der Waals surface area contributed by atoms with Crippen LogP contribution in [0.25, 0.3) is 0 Å². The quantitative estimate of drug-likeness (QED) is 0.901. The Bertz CT molecular complexity index is 525. The van der Waals surface area contributed by atoms with Crippen LogP contribution in [0.5, 0.6) is 0 Å². The molecular formula is C13H14BrNO3. The molecule has 1 aliphatic rings. The van der Waals surface area contributed by atoms with Crippen molar-refractivity contribution in [2.24, 2.45) is 11.3 Å². The molecule has 0 heterocycles. The van der Waals surface area contributed by atoms with Crippen molar-refractivity contribution in [2.75, 3.05) is 5.32 Å². The molecule has 1 fully saturated rings. The minimum atomic E-state index is -1.02. The second-order valence-corrected chi connectivity index (χ2v) is 6.09. The van der Waals surface area contributed by atoms with E-state index in [2.05, 4.69) is 21.2 Å². The van der Waals surface area contributed by atoms with E-state index in [1.54, 1.807) is 12.1 Å². The monoisotopic (exact) mass is 311 g/mol. The van der Waals surface area contributed by atoms with E-state index in [1.165, 1.54) is 6.07 Å². The fourth-order valence-electron chi connectivity index (χ4n) is 1.91. The number of rotatable bonds is 3. The maximum atomic E-state index is 11.9. The molecule has 0 aromatic heterocycles. The van der Waals surface area contributed by atoms with Crippen LogP contribution in [0.4, 0.5) is 5.69 Å². The molecule has 1 unspecified atom stereocenters. The van der Waals surface area contributed by atoms with E-state index in [9.17, 15) is 9.59 Å². The number of carboxylic acids is 1. The van der Waals surface area contributed by atoms with Crippen molar-refractivity contribution in [2.45, 2.75) is 20.3 Å². The molecule has 1 saturated carbocycles. The number of hydrogen-bond acceptors (Lipinski definition) is 2. The molecule has 1 amide bonds. The van der Waals surface area contributed by atoms with Crippen LogP contribution in [-0.2, 0) is 4.79 Å². The van der Waals surface area contributed by atoms with Gasteiger partial charge in [0.1, 0.15) is 0 Å². The number of aromatic carboxylic acids is 1. The molecule has 1 aliphatic carbocycles. The van der Waals surface area contributed by atoms with Crippen LogP contribution < -0.4 is 5.32 Å². The summed E-state index contributed by atoms with van der Waals surface area (Å²) in [6, 6.07) is 4.76. The highest BCUT2D eigenvalue weighted by Gasteiger charge is 2.50. The molecule has 0 bridgehead atoms. The number of anilines is 1. The molecule has 1 aromatic rings. The van der Waals surface area contributed by atoms with E-state index in [1.807, 2.05) is 13.8 Å². The molecule has 0 radical (unpaired) electrons. The largest absolute Gasteiger partial charge is 0.478 e. The summed E-state index contributed by atoms with van der Waals surface area (Å²) in [5.74, 6) is -1.04. The van der Waals surface area contributed by atoms with E-state index < -0.39 is 5.97 Å². The van der Waals surface area contributed by atoms with E-state index >= 15 is 0 Å². The third kappa shape index (κ3) is 2.56. The van der Waals surface area contributed by atoms with Crippen molar-refractivity contribution < 1.29 is 14.7 Å². The summed E-state index contributed by atoms with van der Waals surface area (Å²) in [5.41, 5.74) is 0.723. The zero-order valence-electron chi connectivity index (χ0n) is 10.2. The third-order valence-electron chi connectivity index (χ3n) is 3.29. The standard InChI is InChI=1S/C13H14BrNO3/c1-13(2)6-9(13)11(16)15-7-3-4-10(14)8(5-7)12(17)18/h3-5,9H,6H2,1-2H3,(H,15,16)(H,17,18). The molecule has 18 heavy (non-hydrogen) atoms. The fourth-order valence-corrected chi connectivity index (χ4v) is 2.33. The number of hydrogen-bond donors (Lipinski definition) is 2. The van der Waals surface area contributed by atoms with Gasteiger partial charge in [0.15, 0.2) is 0 Å². The Morgan fingerprint density at radius 2 is 2.06 bits per heavy atom. The maximum Gasteiger partial charge on any atom is 0.336 e. The summed E-state index contributed by atoms with van der Waals surface area (Å²) in [5, 5.41) is 11.7. The van der Waals surface area contributed by atoms with Crippen LogP contribution in [0.15, 0.2) is 22.7 Å². The van der Waals surface area contributed by atoms with E-state index in [0.717, 1.165) is 6.42 Å². The first-order valence-electron chi connectivity index (χ1n) is 5.65. The molecule has 0 spiro atoms. The normalized spacial score (nSPS) is 20.3. The molecule has 1 aromatic carbocycles. The van der Waals surface area contributed by atoms with E-state index in [4.69, 9.17) is 5.11 Å². The van der Waals surface area contributed by atoms with Crippen molar-refractivity contribution in [3.8, 4) is 0 Å². The van der Waals surface area contributed by atoms with Crippen LogP contribution in [0, 0.1) is 11.3 Å². The predicted molar refractivity (Wildman–Crippen MR) is 71.6 cm³/mol. The first-order valence-corrected chi connectivity index (χ1v) is 6.44. The number of halogens is 1. The smallest absolute Gasteiger partial charge is 0.336 e. The Kier molecular flexibility index (Phi) is 3.19. The van der Waals surface area contributed by atoms with Gasteiger partial charge in [-0.2, -0.15) is 0 Å². The van der Waals surface area contributed by atoms with Gasteiger partial charge in [-0.25, -0.2) is 4.79 Å². The molecule has 0 saturated heterocycles. The van der Waals surface area contributed by atoms with Gasteiger partial charge in [0.05, 0.1) is 5.56 Å². The van der Waals surface area contributed by atoms with Crippen molar-refractivity contribution in [1.29, 1.82) is 0 Å². The van der Waals surface area contributed by atoms with Gasteiger partial charge in [0, 0.05) is 16.1 Å². The van der Waals surface area contributed by atoms with Crippen molar-refractivity contribution >= 4 is 33.5 Å². The van der Waals surface area contributed by atoms with Gasteiger partial charge < -0.3 is 10.4 Å². The molecule has 0 aliphatic heterocycles. The number of carboxylic acid groups (broad SMARTS) is 1. The molecular weight excluding hydrogens is 298 g/mol. The second kappa shape index (κ2) is 4.39. The van der Waals surface area contributed by atoms with E-state index in [-0.39, 0.29) is 22.8 Å². The Morgan fingerprint density at radius 1 is 1.44 bits per heavy atom. The van der Waals surface area contributed by atoms with Gasteiger partial charge in [0.25, 0.3) is 0 Å². The van der Waals surface area contributed by atoms with Crippen LogP contribution >= 0.6 is 15.9 Å². The van der Waals surface area contributed by atoms with Gasteiger partial charge in [-0.15, -0.1) is 0 Å². The molecule has 2 rings (SSSR count). The summed E-state index contributed by atoms with van der Waals surface area (Å²) in [4.78, 5) is 22.9. The highest BCUT2D eigenvalue weighted by molar-refractivity contribution is 9.10. The lowest BCUT2D eigenvalue weighted by Gasteiger charge is -2.08. The predicted octanol–water partition coefficient (Wildman–Crippen LogP) is 3.13. The average Bonchev–Trinajstić information content (AvgIpc) is 2.90. The minimum Gasteiger partial charge on any atom is -0.478 e. The Balaban J connectivity index is 2.13. The highest BCUT2D eigenvalue weighted by atomic mass is 79.9. The highest BCUT2D eigenvalue weighted by Crippen LogP contribution is 2.52. The summed E-state index contributed by atoms with van der Waals surface area (Å²) in [6.45, 7) is 4.09. The summed E-state index contributed by atoms with van der Waals surface area (Å²) in [7, 11) is 0. The van der Waals surface area contributed by atoms with Crippen LogP contribution in [0.2, 0.25) is 0 Å². The average molecular weight is 312 g/mol. The second-order valence-electron chi connectivity index (χ2n) is 5.23. The Morgan fingerprint density at radius 3 is 2.56 bits per heavy atom. The zero-order valence-corrected chi connectivity index (χ0v) is 11.7. The maximum absolute atomic E-state index is 11.9. The Hall–Kier alpha value is -1.36. The third-order valence-corrected chi connectivity index (χ3v) is 3.99. The number of amides is 1.